The van der Waals surface area contributed by atoms with E-state index >= 15 is 0 Å². The van der Waals surface area contributed by atoms with Gasteiger partial charge in [-0.05, 0) is 25.1 Å². The van der Waals surface area contributed by atoms with E-state index in [2.05, 4.69) is 4.99 Å². The smallest absolute Gasteiger partial charge is 0.194 e. The Kier molecular flexibility index (Phi) is 3.24. The molecule has 0 fully saturated rings. The second-order valence-corrected chi connectivity index (χ2v) is 5.17. The zero-order valence-corrected chi connectivity index (χ0v) is 11.9. The summed E-state index contributed by atoms with van der Waals surface area (Å²) in [5, 5.41) is 11.9. The standard InChI is InChI=1S/C16H15ClN2O/c1-2-19-11-18-15-9-8-13(17)10-14(15)16(19,20)12-6-4-3-5-7-12/h3-11,20H,2H2,1H3. The van der Waals surface area contributed by atoms with Crippen LogP contribution in [0.3, 0.4) is 0 Å². The van der Waals surface area contributed by atoms with Gasteiger partial charge in [0, 0.05) is 22.7 Å². The quantitative estimate of drug-likeness (QED) is 0.917. The zero-order chi connectivity index (χ0) is 14.2. The third-order valence-electron chi connectivity index (χ3n) is 3.60. The molecule has 0 amide bonds. The van der Waals surface area contributed by atoms with Crippen LogP contribution in [0.2, 0.25) is 5.02 Å². The summed E-state index contributed by atoms with van der Waals surface area (Å²) in [5.74, 6) is 0. The van der Waals surface area contributed by atoms with Gasteiger partial charge in [0.1, 0.15) is 0 Å². The van der Waals surface area contributed by atoms with E-state index in [1.807, 2.05) is 43.3 Å². The van der Waals surface area contributed by atoms with Crippen molar-refractivity contribution in [1.82, 2.24) is 4.90 Å². The fourth-order valence-corrected chi connectivity index (χ4v) is 2.74. The van der Waals surface area contributed by atoms with Gasteiger partial charge in [0.2, 0.25) is 0 Å². The molecule has 20 heavy (non-hydrogen) atoms. The number of aliphatic hydroxyl groups is 1. The summed E-state index contributed by atoms with van der Waals surface area (Å²) < 4.78 is 0. The van der Waals surface area contributed by atoms with Crippen molar-refractivity contribution in [3.63, 3.8) is 0 Å². The number of fused-ring (bicyclic) bond motifs is 1. The summed E-state index contributed by atoms with van der Waals surface area (Å²) >= 11 is 6.10. The summed E-state index contributed by atoms with van der Waals surface area (Å²) in [6.07, 6.45) is 1.68. The average molecular weight is 287 g/mol. The first-order valence-corrected chi connectivity index (χ1v) is 6.93. The number of halogens is 1. The lowest BCUT2D eigenvalue weighted by Gasteiger charge is -2.41. The van der Waals surface area contributed by atoms with Crippen molar-refractivity contribution in [2.75, 3.05) is 6.54 Å². The van der Waals surface area contributed by atoms with Gasteiger partial charge in [-0.1, -0.05) is 41.9 Å². The largest absolute Gasteiger partial charge is 0.363 e. The Balaban J connectivity index is 2.26. The lowest BCUT2D eigenvalue weighted by Crippen LogP contribution is -2.47. The summed E-state index contributed by atoms with van der Waals surface area (Å²) in [5.41, 5.74) is 1.01. The maximum Gasteiger partial charge on any atom is 0.194 e. The van der Waals surface area contributed by atoms with Crippen LogP contribution in [0.5, 0.6) is 0 Å². The van der Waals surface area contributed by atoms with E-state index < -0.39 is 5.72 Å². The highest BCUT2D eigenvalue weighted by molar-refractivity contribution is 6.30. The lowest BCUT2D eigenvalue weighted by molar-refractivity contribution is -0.0339. The molecule has 1 aliphatic rings. The molecule has 2 aromatic carbocycles. The van der Waals surface area contributed by atoms with Crippen LogP contribution >= 0.6 is 11.6 Å². The minimum atomic E-state index is -1.24. The minimum Gasteiger partial charge on any atom is -0.363 e. The van der Waals surface area contributed by atoms with Crippen LogP contribution in [0.15, 0.2) is 53.5 Å². The van der Waals surface area contributed by atoms with Crippen molar-refractivity contribution in [3.05, 3.63) is 64.7 Å². The molecule has 4 heteroatoms. The molecule has 0 saturated carbocycles. The van der Waals surface area contributed by atoms with E-state index in [0.717, 1.165) is 11.3 Å². The molecule has 1 N–H and O–H groups in total. The van der Waals surface area contributed by atoms with Gasteiger partial charge in [-0.15, -0.1) is 0 Å². The van der Waals surface area contributed by atoms with E-state index in [-0.39, 0.29) is 0 Å². The van der Waals surface area contributed by atoms with Crippen LogP contribution in [0.1, 0.15) is 18.1 Å². The van der Waals surface area contributed by atoms with Crippen molar-refractivity contribution in [1.29, 1.82) is 0 Å². The molecular formula is C16H15ClN2O. The van der Waals surface area contributed by atoms with E-state index in [1.165, 1.54) is 0 Å². The van der Waals surface area contributed by atoms with E-state index in [4.69, 9.17) is 11.6 Å². The zero-order valence-electron chi connectivity index (χ0n) is 11.1. The predicted molar refractivity (Wildman–Crippen MR) is 81.4 cm³/mol. The van der Waals surface area contributed by atoms with E-state index in [1.54, 1.807) is 23.4 Å². The summed E-state index contributed by atoms with van der Waals surface area (Å²) in [6.45, 7) is 2.62. The van der Waals surface area contributed by atoms with Crippen molar-refractivity contribution in [3.8, 4) is 0 Å². The molecule has 2 aromatic rings. The molecule has 0 aliphatic carbocycles. The van der Waals surface area contributed by atoms with Gasteiger partial charge in [0.15, 0.2) is 5.72 Å². The monoisotopic (exact) mass is 286 g/mol. The Morgan fingerprint density at radius 2 is 1.95 bits per heavy atom. The van der Waals surface area contributed by atoms with Crippen molar-refractivity contribution in [2.45, 2.75) is 12.6 Å². The molecule has 1 unspecified atom stereocenters. The third kappa shape index (κ3) is 1.90. The molecule has 0 radical (unpaired) electrons. The van der Waals surface area contributed by atoms with Crippen LogP contribution in [-0.2, 0) is 5.72 Å². The Morgan fingerprint density at radius 3 is 2.65 bits per heavy atom. The van der Waals surface area contributed by atoms with Gasteiger partial charge in [-0.2, -0.15) is 0 Å². The molecule has 1 atom stereocenters. The van der Waals surface area contributed by atoms with Gasteiger partial charge in [-0.3, -0.25) is 0 Å². The normalized spacial score (nSPS) is 20.9. The van der Waals surface area contributed by atoms with E-state index in [9.17, 15) is 5.11 Å². The summed E-state index contributed by atoms with van der Waals surface area (Å²) in [6, 6.07) is 15.0. The number of hydrogen-bond donors (Lipinski definition) is 1. The fourth-order valence-electron chi connectivity index (χ4n) is 2.57. The SMILES string of the molecule is CCN1C=Nc2ccc(Cl)cc2C1(O)c1ccccc1. The highest BCUT2D eigenvalue weighted by atomic mass is 35.5. The number of hydrogen-bond acceptors (Lipinski definition) is 3. The molecule has 0 saturated heterocycles. The number of nitrogens with zero attached hydrogens (tertiary/aromatic N) is 2. The number of benzene rings is 2. The topological polar surface area (TPSA) is 35.8 Å². The third-order valence-corrected chi connectivity index (χ3v) is 3.84. The van der Waals surface area contributed by atoms with Crippen molar-refractivity contribution >= 4 is 23.6 Å². The molecule has 1 aliphatic heterocycles. The van der Waals surface area contributed by atoms with Crippen LogP contribution in [-0.4, -0.2) is 22.9 Å². The fraction of sp³-hybridized carbons (Fsp3) is 0.188. The molecule has 102 valence electrons. The minimum absolute atomic E-state index is 0.589. The van der Waals surface area contributed by atoms with E-state index in [0.29, 0.717) is 17.1 Å². The van der Waals surface area contributed by atoms with Crippen LogP contribution in [0.4, 0.5) is 5.69 Å². The summed E-state index contributed by atoms with van der Waals surface area (Å²) in [4.78, 5) is 6.20. The van der Waals surface area contributed by atoms with Gasteiger partial charge in [-0.25, -0.2) is 4.99 Å². The van der Waals surface area contributed by atoms with Crippen LogP contribution in [0, 0.1) is 0 Å². The second kappa shape index (κ2) is 4.93. The van der Waals surface area contributed by atoms with Crippen LogP contribution < -0.4 is 0 Å². The highest BCUT2D eigenvalue weighted by Gasteiger charge is 2.40. The van der Waals surface area contributed by atoms with Crippen LogP contribution in [0.25, 0.3) is 0 Å². The Labute approximate surface area is 123 Å². The number of aliphatic imine (C=N–C) groups is 1. The average Bonchev–Trinajstić information content (AvgIpc) is 2.49. The Bertz CT molecular complexity index is 657. The maximum atomic E-state index is 11.4. The first kappa shape index (κ1) is 13.2. The molecule has 3 nitrogen and oxygen atoms in total. The maximum absolute atomic E-state index is 11.4. The lowest BCUT2D eigenvalue weighted by atomic mass is 9.90. The molecule has 0 aromatic heterocycles. The number of rotatable bonds is 2. The second-order valence-electron chi connectivity index (χ2n) is 4.73. The first-order chi connectivity index (χ1) is 9.66. The van der Waals surface area contributed by atoms with Crippen molar-refractivity contribution in [2.24, 2.45) is 4.99 Å². The van der Waals surface area contributed by atoms with Gasteiger partial charge in [0.05, 0.1) is 12.0 Å². The van der Waals surface area contributed by atoms with Crippen molar-refractivity contribution < 1.29 is 5.11 Å². The first-order valence-electron chi connectivity index (χ1n) is 6.55. The molecule has 3 rings (SSSR count). The molecule has 1 heterocycles. The Morgan fingerprint density at radius 1 is 1.20 bits per heavy atom. The molecular weight excluding hydrogens is 272 g/mol. The molecule has 0 bridgehead atoms. The molecule has 0 spiro atoms. The predicted octanol–water partition coefficient (Wildman–Crippen LogP) is 3.53. The summed E-state index contributed by atoms with van der Waals surface area (Å²) in [7, 11) is 0. The Hall–Kier alpha value is -1.84. The van der Waals surface area contributed by atoms with Gasteiger partial charge >= 0.3 is 0 Å². The van der Waals surface area contributed by atoms with Gasteiger partial charge < -0.3 is 10.0 Å². The highest BCUT2D eigenvalue weighted by Crippen LogP contribution is 2.41. The van der Waals surface area contributed by atoms with Gasteiger partial charge in [0.25, 0.3) is 0 Å².